The first kappa shape index (κ1) is 11.0. The lowest BCUT2D eigenvalue weighted by Crippen LogP contribution is -1.79. The Balaban J connectivity index is 2.15. The quantitative estimate of drug-likeness (QED) is 0.725. The summed E-state index contributed by atoms with van der Waals surface area (Å²) in [5.74, 6) is -0.248. The van der Waals surface area contributed by atoms with Crippen LogP contribution in [0.3, 0.4) is 0 Å². The van der Waals surface area contributed by atoms with Gasteiger partial charge in [-0.05, 0) is 42.0 Å². The lowest BCUT2D eigenvalue weighted by atomic mass is 10.2. The van der Waals surface area contributed by atoms with Gasteiger partial charge in [-0.15, -0.1) is 0 Å². The van der Waals surface area contributed by atoms with Crippen molar-refractivity contribution >= 4 is 27.8 Å². The van der Waals surface area contributed by atoms with Crippen LogP contribution in [0.25, 0.3) is 0 Å². The fourth-order valence-electron chi connectivity index (χ4n) is 1.23. The number of aliphatic imine (C=N–C) groups is 1. The van der Waals surface area contributed by atoms with Crippen molar-refractivity contribution in [2.24, 2.45) is 4.99 Å². The van der Waals surface area contributed by atoms with Crippen molar-refractivity contribution in [2.75, 3.05) is 0 Å². The monoisotopic (exact) mass is 277 g/mol. The van der Waals surface area contributed by atoms with Crippen LogP contribution in [0.1, 0.15) is 5.56 Å². The van der Waals surface area contributed by atoms with Gasteiger partial charge in [0.1, 0.15) is 5.82 Å². The molecule has 80 valence electrons. The van der Waals surface area contributed by atoms with E-state index in [1.807, 2.05) is 24.3 Å². The molecule has 0 aliphatic rings. The van der Waals surface area contributed by atoms with Gasteiger partial charge in [0.25, 0.3) is 0 Å². The van der Waals surface area contributed by atoms with Crippen LogP contribution < -0.4 is 0 Å². The summed E-state index contributed by atoms with van der Waals surface area (Å²) in [7, 11) is 0. The molecule has 2 aromatic rings. The average Bonchev–Trinajstić information content (AvgIpc) is 2.30. The number of benzene rings is 2. The van der Waals surface area contributed by atoms with E-state index in [1.54, 1.807) is 18.3 Å². The van der Waals surface area contributed by atoms with Gasteiger partial charge < -0.3 is 0 Å². The largest absolute Gasteiger partial charge is 0.256 e. The summed E-state index contributed by atoms with van der Waals surface area (Å²) < 4.78 is 13.7. The van der Waals surface area contributed by atoms with Crippen LogP contribution in [0.4, 0.5) is 10.1 Å². The highest BCUT2D eigenvalue weighted by molar-refractivity contribution is 9.10. The molecule has 0 saturated carbocycles. The van der Waals surface area contributed by atoms with Crippen molar-refractivity contribution < 1.29 is 4.39 Å². The summed E-state index contributed by atoms with van der Waals surface area (Å²) in [6, 6.07) is 13.9. The first-order chi connectivity index (χ1) is 7.74. The van der Waals surface area contributed by atoms with Gasteiger partial charge in [0, 0.05) is 10.7 Å². The zero-order chi connectivity index (χ0) is 11.4. The molecule has 0 bridgehead atoms. The molecule has 2 rings (SSSR count). The third-order valence-corrected chi connectivity index (χ3v) is 2.59. The van der Waals surface area contributed by atoms with E-state index in [9.17, 15) is 4.39 Å². The van der Waals surface area contributed by atoms with Gasteiger partial charge in [0.2, 0.25) is 0 Å². The first-order valence-electron chi connectivity index (χ1n) is 4.79. The Kier molecular flexibility index (Phi) is 3.47. The van der Waals surface area contributed by atoms with Crippen LogP contribution in [0, 0.1) is 5.82 Å². The van der Waals surface area contributed by atoms with Crippen LogP contribution in [0.15, 0.2) is 58.0 Å². The minimum absolute atomic E-state index is 0.248. The minimum Gasteiger partial charge on any atom is -0.256 e. The summed E-state index contributed by atoms with van der Waals surface area (Å²) >= 11 is 3.36. The molecule has 0 spiro atoms. The maximum atomic E-state index is 12.6. The summed E-state index contributed by atoms with van der Waals surface area (Å²) in [6.07, 6.45) is 1.75. The standard InChI is InChI=1S/C13H9BrFN/c14-11-3-1-10(2-4-11)9-16-13-7-5-12(15)6-8-13/h1-9H/b16-9-. The van der Waals surface area contributed by atoms with Crippen molar-refractivity contribution in [3.8, 4) is 0 Å². The molecular formula is C13H9BrFN. The van der Waals surface area contributed by atoms with Crippen LogP contribution in [0.2, 0.25) is 0 Å². The summed E-state index contributed by atoms with van der Waals surface area (Å²) in [5, 5.41) is 0. The molecule has 0 aliphatic carbocycles. The van der Waals surface area contributed by atoms with E-state index < -0.39 is 0 Å². The molecule has 0 fully saturated rings. The second-order valence-corrected chi connectivity index (χ2v) is 4.20. The normalized spacial score (nSPS) is 10.9. The van der Waals surface area contributed by atoms with E-state index in [-0.39, 0.29) is 5.82 Å². The topological polar surface area (TPSA) is 12.4 Å². The van der Waals surface area contributed by atoms with Gasteiger partial charge in [-0.1, -0.05) is 28.1 Å². The van der Waals surface area contributed by atoms with Gasteiger partial charge in [-0.2, -0.15) is 0 Å². The second-order valence-electron chi connectivity index (χ2n) is 3.29. The van der Waals surface area contributed by atoms with E-state index in [4.69, 9.17) is 0 Å². The van der Waals surface area contributed by atoms with Crippen LogP contribution >= 0.6 is 15.9 Å². The lowest BCUT2D eigenvalue weighted by molar-refractivity contribution is 0.628. The molecular weight excluding hydrogens is 269 g/mol. The van der Waals surface area contributed by atoms with Crippen molar-refractivity contribution in [3.05, 3.63) is 64.4 Å². The van der Waals surface area contributed by atoms with Crippen molar-refractivity contribution in [2.45, 2.75) is 0 Å². The molecule has 0 amide bonds. The molecule has 0 heterocycles. The van der Waals surface area contributed by atoms with Crippen molar-refractivity contribution in [1.29, 1.82) is 0 Å². The Bertz CT molecular complexity index is 441. The fraction of sp³-hybridized carbons (Fsp3) is 0. The Morgan fingerprint density at radius 3 is 2.19 bits per heavy atom. The van der Waals surface area contributed by atoms with E-state index in [1.165, 1.54) is 12.1 Å². The van der Waals surface area contributed by atoms with Crippen molar-refractivity contribution in [1.82, 2.24) is 0 Å². The lowest BCUT2D eigenvalue weighted by Gasteiger charge is -1.94. The SMILES string of the molecule is Fc1ccc(/N=C\c2ccc(Br)cc2)cc1. The molecule has 0 saturated heterocycles. The molecule has 0 N–H and O–H groups in total. The molecule has 0 aliphatic heterocycles. The number of hydrogen-bond acceptors (Lipinski definition) is 1. The summed E-state index contributed by atoms with van der Waals surface area (Å²) in [4.78, 5) is 4.24. The minimum atomic E-state index is -0.248. The van der Waals surface area contributed by atoms with E-state index >= 15 is 0 Å². The number of nitrogens with zero attached hydrogens (tertiary/aromatic N) is 1. The summed E-state index contributed by atoms with van der Waals surface area (Å²) in [6.45, 7) is 0. The van der Waals surface area contributed by atoms with Gasteiger partial charge in [-0.3, -0.25) is 4.99 Å². The third kappa shape index (κ3) is 3.00. The zero-order valence-electron chi connectivity index (χ0n) is 8.40. The Hall–Kier alpha value is -1.48. The van der Waals surface area contributed by atoms with Crippen LogP contribution in [-0.4, -0.2) is 6.21 Å². The molecule has 0 unspecified atom stereocenters. The third-order valence-electron chi connectivity index (χ3n) is 2.06. The maximum absolute atomic E-state index is 12.6. The van der Waals surface area contributed by atoms with Crippen LogP contribution in [-0.2, 0) is 0 Å². The highest BCUT2D eigenvalue weighted by Crippen LogP contribution is 2.13. The van der Waals surface area contributed by atoms with E-state index in [0.29, 0.717) is 0 Å². The molecule has 2 aromatic carbocycles. The molecule has 1 nitrogen and oxygen atoms in total. The zero-order valence-corrected chi connectivity index (χ0v) is 9.99. The van der Waals surface area contributed by atoms with Gasteiger partial charge >= 0.3 is 0 Å². The number of halogens is 2. The van der Waals surface area contributed by atoms with Gasteiger partial charge in [0.15, 0.2) is 0 Å². The van der Waals surface area contributed by atoms with E-state index in [2.05, 4.69) is 20.9 Å². The Morgan fingerprint density at radius 2 is 1.56 bits per heavy atom. The van der Waals surface area contributed by atoms with Gasteiger partial charge in [0.05, 0.1) is 5.69 Å². The highest BCUT2D eigenvalue weighted by atomic mass is 79.9. The predicted molar refractivity (Wildman–Crippen MR) is 67.8 cm³/mol. The van der Waals surface area contributed by atoms with E-state index in [0.717, 1.165) is 15.7 Å². The smallest absolute Gasteiger partial charge is 0.123 e. The number of rotatable bonds is 2. The second kappa shape index (κ2) is 5.03. The molecule has 0 aromatic heterocycles. The molecule has 16 heavy (non-hydrogen) atoms. The Labute approximate surface area is 102 Å². The molecule has 0 radical (unpaired) electrons. The fourth-order valence-corrected chi connectivity index (χ4v) is 1.49. The maximum Gasteiger partial charge on any atom is 0.123 e. The highest BCUT2D eigenvalue weighted by Gasteiger charge is 1.91. The Morgan fingerprint density at radius 1 is 0.938 bits per heavy atom. The summed E-state index contributed by atoms with van der Waals surface area (Å²) in [5.41, 5.74) is 1.75. The number of hydrogen-bond donors (Lipinski definition) is 0. The van der Waals surface area contributed by atoms with Crippen LogP contribution in [0.5, 0.6) is 0 Å². The first-order valence-corrected chi connectivity index (χ1v) is 5.58. The van der Waals surface area contributed by atoms with Crippen molar-refractivity contribution in [3.63, 3.8) is 0 Å². The molecule has 3 heteroatoms. The van der Waals surface area contributed by atoms with Gasteiger partial charge in [-0.25, -0.2) is 4.39 Å². The molecule has 0 atom stereocenters. The predicted octanol–water partition coefficient (Wildman–Crippen LogP) is 4.34. The average molecular weight is 278 g/mol.